The van der Waals surface area contributed by atoms with Crippen LogP contribution in [0.2, 0.25) is 0 Å². The van der Waals surface area contributed by atoms with Crippen molar-refractivity contribution in [3.05, 3.63) is 0 Å². The van der Waals surface area contributed by atoms with Crippen LogP contribution in [0.5, 0.6) is 0 Å². The normalized spacial score (nSPS) is 10.8. The standard InChI is InChI=1S/C6H15PS3/c1-4-8-7(9-5-2)10-6-3/h4-6H2,1-3H3/p+1. The Morgan fingerprint density at radius 2 is 1.10 bits per heavy atom. The predicted molar refractivity (Wildman–Crippen MR) is 62.7 cm³/mol. The summed E-state index contributed by atoms with van der Waals surface area (Å²) in [6.07, 6.45) is 0. The molecule has 0 amide bonds. The molecular weight excluding hydrogens is 199 g/mol. The average Bonchev–Trinajstić information content (AvgIpc) is 1.90. The van der Waals surface area contributed by atoms with Crippen LogP contribution in [0, 0.1) is 0 Å². The lowest BCUT2D eigenvalue weighted by Crippen LogP contribution is -1.66. The molecule has 0 saturated heterocycles. The van der Waals surface area contributed by atoms with Gasteiger partial charge in [0.25, 0.3) is 0 Å². The van der Waals surface area contributed by atoms with Crippen molar-refractivity contribution < 1.29 is 0 Å². The lowest BCUT2D eigenvalue weighted by Gasteiger charge is -2.00. The van der Waals surface area contributed by atoms with Crippen molar-refractivity contribution >= 4 is 39.7 Å². The lowest BCUT2D eigenvalue weighted by molar-refractivity contribution is 1.54. The molecule has 62 valence electrons. The molecule has 0 aliphatic carbocycles. The van der Waals surface area contributed by atoms with E-state index in [4.69, 9.17) is 0 Å². The van der Waals surface area contributed by atoms with Crippen molar-refractivity contribution in [2.75, 3.05) is 17.3 Å². The summed E-state index contributed by atoms with van der Waals surface area (Å²) in [5.41, 5.74) is -0.147. The SMILES string of the molecule is CCS[PH+](SCC)SCC. The molecular formula is C6H16PS3+. The van der Waals surface area contributed by atoms with Gasteiger partial charge in [-0.2, -0.15) is 0 Å². The lowest BCUT2D eigenvalue weighted by atomic mass is 11.0. The molecule has 0 nitrogen and oxygen atoms in total. The third-order valence-corrected chi connectivity index (χ3v) is 13.4. The van der Waals surface area contributed by atoms with Crippen LogP contribution in [0.3, 0.4) is 0 Å². The molecule has 0 rings (SSSR count). The van der Waals surface area contributed by atoms with Gasteiger partial charge in [0.1, 0.15) is 0 Å². The van der Waals surface area contributed by atoms with Gasteiger partial charge in [0.2, 0.25) is 0 Å². The summed E-state index contributed by atoms with van der Waals surface area (Å²) in [6.45, 7) is 6.76. The summed E-state index contributed by atoms with van der Waals surface area (Å²) in [5.74, 6) is 3.86. The van der Waals surface area contributed by atoms with Crippen LogP contribution in [-0.4, -0.2) is 17.3 Å². The first-order valence-corrected chi connectivity index (χ1v) is 10.2. The second kappa shape index (κ2) is 8.58. The Morgan fingerprint density at radius 1 is 0.800 bits per heavy atom. The molecule has 0 spiro atoms. The van der Waals surface area contributed by atoms with Crippen LogP contribution in [0.25, 0.3) is 0 Å². The molecule has 0 aliphatic rings. The first-order chi connectivity index (χ1) is 4.85. The fourth-order valence-corrected chi connectivity index (χ4v) is 12.9. The topological polar surface area (TPSA) is 0 Å². The number of hydrogen-bond acceptors (Lipinski definition) is 3. The summed E-state index contributed by atoms with van der Waals surface area (Å²) in [5, 5.41) is 0. The Balaban J connectivity index is 3.30. The van der Waals surface area contributed by atoms with Gasteiger partial charge in [0.15, 0.2) is 5.53 Å². The van der Waals surface area contributed by atoms with Crippen molar-refractivity contribution in [1.82, 2.24) is 0 Å². The summed E-state index contributed by atoms with van der Waals surface area (Å²) >= 11 is 6.46. The summed E-state index contributed by atoms with van der Waals surface area (Å²) in [7, 11) is 0. The maximum absolute atomic E-state index is 2.25. The van der Waals surface area contributed by atoms with Gasteiger partial charge in [-0.25, -0.2) is 0 Å². The predicted octanol–water partition coefficient (Wildman–Crippen LogP) is 4.20. The van der Waals surface area contributed by atoms with Crippen LogP contribution >= 0.6 is 39.7 Å². The van der Waals surface area contributed by atoms with E-state index in [0.717, 1.165) is 0 Å². The van der Waals surface area contributed by atoms with Gasteiger partial charge in [-0.05, 0) is 0 Å². The Labute approximate surface area is 77.7 Å². The zero-order valence-electron chi connectivity index (χ0n) is 6.85. The minimum absolute atomic E-state index is 0.147. The van der Waals surface area contributed by atoms with E-state index in [9.17, 15) is 0 Å². The molecule has 10 heavy (non-hydrogen) atoms. The molecule has 0 N–H and O–H groups in total. The molecule has 0 unspecified atom stereocenters. The van der Waals surface area contributed by atoms with E-state index >= 15 is 0 Å². The van der Waals surface area contributed by atoms with E-state index in [1.54, 1.807) is 0 Å². The number of hydrogen-bond donors (Lipinski definition) is 0. The first kappa shape index (κ1) is 11.5. The molecule has 0 heterocycles. The first-order valence-electron chi connectivity index (χ1n) is 3.60. The highest BCUT2D eigenvalue weighted by molar-refractivity contribution is 9.12. The molecule has 0 aliphatic heterocycles. The van der Waals surface area contributed by atoms with Crippen molar-refractivity contribution in [2.45, 2.75) is 20.8 Å². The van der Waals surface area contributed by atoms with E-state index in [1.807, 2.05) is 0 Å². The molecule has 0 bridgehead atoms. The highest BCUT2D eigenvalue weighted by atomic mass is 33.4. The molecule has 0 radical (unpaired) electrons. The maximum atomic E-state index is 2.25. The van der Waals surface area contributed by atoms with Crippen LogP contribution < -0.4 is 0 Å². The van der Waals surface area contributed by atoms with Crippen LogP contribution in [0.4, 0.5) is 0 Å². The van der Waals surface area contributed by atoms with Crippen LogP contribution in [0.1, 0.15) is 20.8 Å². The van der Waals surface area contributed by atoms with Gasteiger partial charge in [-0.15, -0.1) is 0 Å². The van der Waals surface area contributed by atoms with Gasteiger partial charge < -0.3 is 0 Å². The molecule has 0 fully saturated rings. The highest BCUT2D eigenvalue weighted by Crippen LogP contribution is 2.69. The second-order valence-corrected chi connectivity index (χ2v) is 13.2. The largest absolute Gasteiger partial charge is 0.178 e. The fourth-order valence-electron chi connectivity index (χ4n) is 0.479. The quantitative estimate of drug-likeness (QED) is 0.609. The van der Waals surface area contributed by atoms with Crippen LogP contribution in [-0.2, 0) is 0 Å². The molecule has 4 heteroatoms. The minimum Gasteiger partial charge on any atom is -0.0527 e. The van der Waals surface area contributed by atoms with Crippen LogP contribution in [0.15, 0.2) is 0 Å². The highest BCUT2D eigenvalue weighted by Gasteiger charge is 2.16. The van der Waals surface area contributed by atoms with E-state index in [-0.39, 0.29) is 5.53 Å². The Kier molecular flexibility index (Phi) is 9.84. The van der Waals surface area contributed by atoms with E-state index in [2.05, 4.69) is 54.9 Å². The van der Waals surface area contributed by atoms with E-state index in [1.165, 1.54) is 17.3 Å². The fraction of sp³-hybridized carbons (Fsp3) is 1.00. The van der Waals surface area contributed by atoms with Crippen molar-refractivity contribution in [2.24, 2.45) is 0 Å². The smallest absolute Gasteiger partial charge is 0.0527 e. The monoisotopic (exact) mass is 215 g/mol. The third-order valence-electron chi connectivity index (χ3n) is 0.787. The maximum Gasteiger partial charge on any atom is 0.178 e. The van der Waals surface area contributed by atoms with E-state index < -0.39 is 0 Å². The molecule has 0 saturated carbocycles. The molecule has 0 aromatic rings. The van der Waals surface area contributed by atoms with Gasteiger partial charge in [-0.3, -0.25) is 0 Å². The zero-order chi connectivity index (χ0) is 7.82. The Hall–Kier alpha value is 1.48. The van der Waals surface area contributed by atoms with Crippen molar-refractivity contribution in [3.63, 3.8) is 0 Å². The minimum atomic E-state index is -0.147. The Morgan fingerprint density at radius 3 is 1.30 bits per heavy atom. The summed E-state index contributed by atoms with van der Waals surface area (Å²) < 4.78 is 0. The summed E-state index contributed by atoms with van der Waals surface area (Å²) in [4.78, 5) is 0. The summed E-state index contributed by atoms with van der Waals surface area (Å²) in [6, 6.07) is 0. The van der Waals surface area contributed by atoms with Crippen molar-refractivity contribution in [1.29, 1.82) is 0 Å². The third kappa shape index (κ3) is 6.21. The van der Waals surface area contributed by atoms with Gasteiger partial charge >= 0.3 is 0 Å². The second-order valence-electron chi connectivity index (χ2n) is 1.55. The van der Waals surface area contributed by atoms with Gasteiger partial charge in [-0.1, -0.05) is 20.8 Å². The van der Waals surface area contributed by atoms with E-state index in [0.29, 0.717) is 0 Å². The van der Waals surface area contributed by atoms with Gasteiger partial charge in [0, 0.05) is 51.4 Å². The molecule has 0 aromatic carbocycles. The molecule has 0 aromatic heterocycles. The average molecular weight is 215 g/mol. The molecule has 0 atom stereocenters. The Bertz CT molecular complexity index is 55.7. The zero-order valence-corrected chi connectivity index (χ0v) is 10.3. The van der Waals surface area contributed by atoms with Crippen molar-refractivity contribution in [3.8, 4) is 0 Å². The van der Waals surface area contributed by atoms with Gasteiger partial charge in [0.05, 0.1) is 0 Å². The number of rotatable bonds is 6.